The number of hydrogen-bond donors (Lipinski definition) is 2. The molecule has 7 heteroatoms. The lowest BCUT2D eigenvalue weighted by molar-refractivity contribution is 0.0519. The molecule has 1 amide bonds. The highest BCUT2D eigenvalue weighted by Gasteiger charge is 2.23. The molecule has 0 radical (unpaired) electrons. The van der Waals surface area contributed by atoms with Crippen LogP contribution in [0.4, 0.5) is 4.79 Å². The largest absolute Gasteiger partial charge is 0.473 e. The molecule has 1 aromatic heterocycles. The number of carbonyl (C=O) groups excluding carboxylic acids is 1. The number of nitrogens with zero attached hydrogens (tertiary/aromatic N) is 1. The van der Waals surface area contributed by atoms with E-state index in [-0.39, 0.29) is 19.0 Å². The van der Waals surface area contributed by atoms with Gasteiger partial charge in [0.05, 0.1) is 18.2 Å². The van der Waals surface area contributed by atoms with Gasteiger partial charge in [-0.05, 0) is 32.9 Å². The van der Waals surface area contributed by atoms with Crippen LogP contribution in [0.15, 0.2) is 34.9 Å². The van der Waals surface area contributed by atoms with Crippen LogP contribution in [0.5, 0.6) is 5.88 Å². The fourth-order valence-electron chi connectivity index (χ4n) is 2.17. The first kappa shape index (κ1) is 18.8. The van der Waals surface area contributed by atoms with E-state index in [4.69, 9.17) is 14.0 Å². The van der Waals surface area contributed by atoms with Crippen LogP contribution in [0.25, 0.3) is 11.3 Å². The second-order valence-corrected chi connectivity index (χ2v) is 6.55. The average molecular weight is 348 g/mol. The van der Waals surface area contributed by atoms with Gasteiger partial charge in [0.2, 0.25) is 0 Å². The van der Waals surface area contributed by atoms with Gasteiger partial charge in [0.15, 0.2) is 5.76 Å². The molecule has 1 unspecified atom stereocenters. The van der Waals surface area contributed by atoms with Gasteiger partial charge in [-0.25, -0.2) is 4.79 Å². The van der Waals surface area contributed by atoms with Crippen LogP contribution in [0.3, 0.4) is 0 Å². The molecule has 0 fully saturated rings. The molecular weight excluding hydrogens is 324 g/mol. The van der Waals surface area contributed by atoms with Crippen LogP contribution in [-0.2, 0) is 4.74 Å². The lowest BCUT2D eigenvalue weighted by atomic mass is 10.1. The highest BCUT2D eigenvalue weighted by molar-refractivity contribution is 5.67. The Kier molecular flexibility index (Phi) is 6.03. The van der Waals surface area contributed by atoms with Crippen molar-refractivity contribution in [2.24, 2.45) is 0 Å². The van der Waals surface area contributed by atoms with E-state index >= 15 is 0 Å². The molecule has 25 heavy (non-hydrogen) atoms. The Hall–Kier alpha value is -2.54. The molecule has 1 atom stereocenters. The van der Waals surface area contributed by atoms with E-state index in [9.17, 15) is 9.90 Å². The number of aliphatic hydroxyl groups is 1. The number of aliphatic hydroxyl groups excluding tert-OH is 1. The van der Waals surface area contributed by atoms with Crippen molar-refractivity contribution in [3.05, 3.63) is 35.9 Å². The highest BCUT2D eigenvalue weighted by Crippen LogP contribution is 2.35. The zero-order valence-electron chi connectivity index (χ0n) is 14.9. The van der Waals surface area contributed by atoms with Crippen molar-refractivity contribution in [2.75, 3.05) is 13.2 Å². The topological polar surface area (TPSA) is 93.8 Å². The SMILES string of the molecule is CC(O)c1c(OCCNC(=O)OC(C)(C)C)noc1-c1ccccc1. The van der Waals surface area contributed by atoms with E-state index in [0.717, 1.165) is 5.56 Å². The Morgan fingerprint density at radius 2 is 2.00 bits per heavy atom. The van der Waals surface area contributed by atoms with Gasteiger partial charge < -0.3 is 24.4 Å². The number of ether oxygens (including phenoxy) is 2. The third-order valence-electron chi connectivity index (χ3n) is 3.16. The van der Waals surface area contributed by atoms with Crippen molar-refractivity contribution >= 4 is 6.09 Å². The lowest BCUT2D eigenvalue weighted by Crippen LogP contribution is -2.34. The number of benzene rings is 1. The van der Waals surface area contributed by atoms with Crippen LogP contribution in [0.2, 0.25) is 0 Å². The maximum Gasteiger partial charge on any atom is 0.407 e. The van der Waals surface area contributed by atoms with E-state index in [2.05, 4.69) is 10.5 Å². The Morgan fingerprint density at radius 1 is 1.32 bits per heavy atom. The normalized spacial score (nSPS) is 12.5. The van der Waals surface area contributed by atoms with Crippen molar-refractivity contribution in [1.29, 1.82) is 0 Å². The third kappa shape index (κ3) is 5.49. The number of nitrogens with one attached hydrogen (secondary N) is 1. The monoisotopic (exact) mass is 348 g/mol. The first-order chi connectivity index (χ1) is 11.8. The van der Waals surface area contributed by atoms with Crippen molar-refractivity contribution in [1.82, 2.24) is 10.5 Å². The van der Waals surface area contributed by atoms with E-state index in [1.807, 2.05) is 30.3 Å². The number of carbonyl (C=O) groups is 1. The number of amides is 1. The second-order valence-electron chi connectivity index (χ2n) is 6.55. The predicted molar refractivity (Wildman–Crippen MR) is 92.3 cm³/mol. The molecule has 1 heterocycles. The first-order valence-corrected chi connectivity index (χ1v) is 8.10. The summed E-state index contributed by atoms with van der Waals surface area (Å²) >= 11 is 0. The summed E-state index contributed by atoms with van der Waals surface area (Å²) in [6.07, 6.45) is -1.33. The summed E-state index contributed by atoms with van der Waals surface area (Å²) in [6, 6.07) is 9.35. The minimum atomic E-state index is -0.810. The maximum atomic E-state index is 11.6. The summed E-state index contributed by atoms with van der Waals surface area (Å²) in [5.74, 6) is 0.672. The molecule has 0 bridgehead atoms. The van der Waals surface area contributed by atoms with E-state index in [1.165, 1.54) is 0 Å². The van der Waals surface area contributed by atoms with Gasteiger partial charge in [-0.1, -0.05) is 30.3 Å². The average Bonchev–Trinajstić information content (AvgIpc) is 2.95. The molecule has 0 aliphatic heterocycles. The van der Waals surface area contributed by atoms with Crippen LogP contribution in [-0.4, -0.2) is 35.1 Å². The summed E-state index contributed by atoms with van der Waals surface area (Å²) in [4.78, 5) is 11.6. The predicted octanol–water partition coefficient (Wildman–Crippen LogP) is 3.30. The van der Waals surface area contributed by atoms with Gasteiger partial charge in [-0.3, -0.25) is 0 Å². The molecule has 0 aliphatic rings. The number of aromatic nitrogens is 1. The minimum absolute atomic E-state index is 0.166. The zero-order valence-corrected chi connectivity index (χ0v) is 14.9. The van der Waals surface area contributed by atoms with E-state index < -0.39 is 17.8 Å². The standard InChI is InChI=1S/C18H24N2O5/c1-12(21)14-15(13-8-6-5-7-9-13)25-20-16(14)23-11-10-19-17(22)24-18(2,3)4/h5-9,12,21H,10-11H2,1-4H3,(H,19,22). The van der Waals surface area contributed by atoms with Crippen molar-refractivity contribution in [3.63, 3.8) is 0 Å². The fourth-order valence-corrected chi connectivity index (χ4v) is 2.17. The van der Waals surface area contributed by atoms with Gasteiger partial charge in [-0.2, -0.15) is 0 Å². The van der Waals surface area contributed by atoms with Gasteiger partial charge in [-0.15, -0.1) is 0 Å². The molecule has 0 aliphatic carbocycles. The van der Waals surface area contributed by atoms with Gasteiger partial charge in [0.25, 0.3) is 5.88 Å². The highest BCUT2D eigenvalue weighted by atomic mass is 16.6. The van der Waals surface area contributed by atoms with Crippen LogP contribution in [0.1, 0.15) is 39.4 Å². The molecule has 2 N–H and O–H groups in total. The molecule has 2 aromatic rings. The lowest BCUT2D eigenvalue weighted by Gasteiger charge is -2.19. The number of rotatable bonds is 6. The zero-order chi connectivity index (χ0) is 18.4. The van der Waals surface area contributed by atoms with Crippen molar-refractivity contribution in [2.45, 2.75) is 39.4 Å². The quantitative estimate of drug-likeness (QED) is 0.778. The fraction of sp³-hybridized carbons (Fsp3) is 0.444. The molecule has 0 spiro atoms. The Bertz CT molecular complexity index is 689. The van der Waals surface area contributed by atoms with Gasteiger partial charge >= 0.3 is 6.09 Å². The number of alkyl carbamates (subject to hydrolysis) is 1. The summed E-state index contributed by atoms with van der Waals surface area (Å²) < 4.78 is 16.0. The Labute approximate surface area is 146 Å². The third-order valence-corrected chi connectivity index (χ3v) is 3.16. The van der Waals surface area contributed by atoms with Crippen molar-refractivity contribution in [3.8, 4) is 17.2 Å². The van der Waals surface area contributed by atoms with E-state index in [0.29, 0.717) is 11.3 Å². The smallest absolute Gasteiger partial charge is 0.407 e. The molecule has 2 rings (SSSR count). The second kappa shape index (κ2) is 8.02. The van der Waals surface area contributed by atoms with Crippen LogP contribution in [0, 0.1) is 0 Å². The summed E-state index contributed by atoms with van der Waals surface area (Å²) in [6.45, 7) is 7.39. The summed E-state index contributed by atoms with van der Waals surface area (Å²) in [7, 11) is 0. The Balaban J connectivity index is 1.97. The van der Waals surface area contributed by atoms with Crippen molar-refractivity contribution < 1.29 is 23.9 Å². The summed E-state index contributed by atoms with van der Waals surface area (Å²) in [5.41, 5.74) is 0.720. The maximum absolute atomic E-state index is 11.6. The molecule has 136 valence electrons. The van der Waals surface area contributed by atoms with Gasteiger partial charge in [0, 0.05) is 5.56 Å². The molecule has 1 aromatic carbocycles. The van der Waals surface area contributed by atoms with Crippen LogP contribution >= 0.6 is 0 Å². The van der Waals surface area contributed by atoms with Crippen LogP contribution < -0.4 is 10.1 Å². The first-order valence-electron chi connectivity index (χ1n) is 8.10. The molecule has 0 saturated carbocycles. The molecular formula is C18H24N2O5. The number of hydrogen-bond acceptors (Lipinski definition) is 6. The Morgan fingerprint density at radius 3 is 2.60 bits per heavy atom. The molecule has 0 saturated heterocycles. The van der Waals surface area contributed by atoms with E-state index in [1.54, 1.807) is 27.7 Å². The van der Waals surface area contributed by atoms with Gasteiger partial charge in [0.1, 0.15) is 12.2 Å². The molecule has 7 nitrogen and oxygen atoms in total. The minimum Gasteiger partial charge on any atom is -0.473 e. The summed E-state index contributed by atoms with van der Waals surface area (Å²) in [5, 5.41) is 16.5.